The first kappa shape index (κ1) is 12.3. The Morgan fingerprint density at radius 3 is 3.00 bits per heavy atom. The molecule has 1 aromatic heterocycles. The van der Waals surface area contributed by atoms with Gasteiger partial charge in [-0.1, -0.05) is 12.1 Å². The molecular formula is C13H15N3O2. The summed E-state index contributed by atoms with van der Waals surface area (Å²) in [5, 5.41) is 0. The molecule has 0 spiro atoms. The van der Waals surface area contributed by atoms with E-state index in [2.05, 4.69) is 4.98 Å². The molecule has 0 saturated carbocycles. The number of hydrogen-bond donors (Lipinski definition) is 1. The summed E-state index contributed by atoms with van der Waals surface area (Å²) in [7, 11) is 1.79. The third kappa shape index (κ3) is 2.57. The number of aromatic nitrogens is 2. The standard InChI is InChI=1S/C13H15N3O2/c1-16-7-6-15-13(16)12(17)10-3-2-4-11(9-10)18-8-5-14/h2-4,6-7,9H,5,8,14H2,1H3. The van der Waals surface area contributed by atoms with E-state index in [1.807, 2.05) is 0 Å². The topological polar surface area (TPSA) is 70.1 Å². The lowest BCUT2D eigenvalue weighted by Crippen LogP contribution is -2.12. The van der Waals surface area contributed by atoms with E-state index in [1.165, 1.54) is 0 Å². The molecule has 18 heavy (non-hydrogen) atoms. The highest BCUT2D eigenvalue weighted by atomic mass is 16.5. The highest BCUT2D eigenvalue weighted by Gasteiger charge is 2.13. The zero-order valence-electron chi connectivity index (χ0n) is 10.2. The molecule has 1 aromatic carbocycles. The van der Waals surface area contributed by atoms with Crippen LogP contribution in [0.1, 0.15) is 16.2 Å². The van der Waals surface area contributed by atoms with Crippen LogP contribution in [0.3, 0.4) is 0 Å². The Kier molecular flexibility index (Phi) is 3.74. The van der Waals surface area contributed by atoms with Gasteiger partial charge in [-0.15, -0.1) is 0 Å². The molecule has 0 atom stereocenters. The number of aryl methyl sites for hydroxylation is 1. The summed E-state index contributed by atoms with van der Waals surface area (Å²) in [6, 6.07) is 7.02. The predicted molar refractivity (Wildman–Crippen MR) is 67.6 cm³/mol. The van der Waals surface area contributed by atoms with E-state index >= 15 is 0 Å². The molecule has 1 heterocycles. The molecule has 0 unspecified atom stereocenters. The SMILES string of the molecule is Cn1ccnc1C(=O)c1cccc(OCCN)c1. The van der Waals surface area contributed by atoms with Gasteiger partial charge in [0.05, 0.1) is 0 Å². The van der Waals surface area contributed by atoms with E-state index in [1.54, 1.807) is 48.3 Å². The summed E-state index contributed by atoms with van der Waals surface area (Å²) >= 11 is 0. The Labute approximate surface area is 105 Å². The van der Waals surface area contributed by atoms with E-state index in [0.717, 1.165) is 0 Å². The maximum Gasteiger partial charge on any atom is 0.228 e. The van der Waals surface area contributed by atoms with Crippen molar-refractivity contribution in [3.63, 3.8) is 0 Å². The Hall–Kier alpha value is -2.14. The second-order valence-corrected chi connectivity index (χ2v) is 3.86. The quantitative estimate of drug-likeness (QED) is 0.797. The fourth-order valence-electron chi connectivity index (χ4n) is 1.62. The molecule has 0 aliphatic heterocycles. The monoisotopic (exact) mass is 245 g/mol. The number of nitrogens with zero attached hydrogens (tertiary/aromatic N) is 2. The van der Waals surface area contributed by atoms with Gasteiger partial charge in [-0.2, -0.15) is 0 Å². The molecule has 0 aliphatic rings. The summed E-state index contributed by atoms with van der Waals surface area (Å²) in [6.45, 7) is 0.873. The van der Waals surface area contributed by atoms with Gasteiger partial charge in [-0.3, -0.25) is 4.79 Å². The molecule has 0 aliphatic carbocycles. The van der Waals surface area contributed by atoms with Gasteiger partial charge in [0.2, 0.25) is 5.78 Å². The van der Waals surface area contributed by atoms with E-state index in [0.29, 0.717) is 30.3 Å². The molecule has 5 heteroatoms. The van der Waals surface area contributed by atoms with Gasteiger partial charge in [0.25, 0.3) is 0 Å². The third-order valence-corrected chi connectivity index (χ3v) is 2.51. The maximum atomic E-state index is 12.2. The van der Waals surface area contributed by atoms with Crippen molar-refractivity contribution in [3.05, 3.63) is 48.0 Å². The van der Waals surface area contributed by atoms with Crippen molar-refractivity contribution < 1.29 is 9.53 Å². The van der Waals surface area contributed by atoms with Crippen molar-refractivity contribution in [2.24, 2.45) is 12.8 Å². The molecular weight excluding hydrogens is 230 g/mol. The molecule has 0 radical (unpaired) electrons. The first-order valence-electron chi connectivity index (χ1n) is 5.67. The predicted octanol–water partition coefficient (Wildman–Crippen LogP) is 0.989. The van der Waals surface area contributed by atoms with Crippen molar-refractivity contribution in [3.8, 4) is 5.75 Å². The molecule has 0 fully saturated rings. The van der Waals surface area contributed by atoms with Crippen molar-refractivity contribution >= 4 is 5.78 Å². The van der Waals surface area contributed by atoms with E-state index in [9.17, 15) is 4.79 Å². The second-order valence-electron chi connectivity index (χ2n) is 3.86. The summed E-state index contributed by atoms with van der Waals surface area (Å²) in [4.78, 5) is 16.2. The summed E-state index contributed by atoms with van der Waals surface area (Å²) in [5.41, 5.74) is 5.92. The molecule has 0 amide bonds. The van der Waals surface area contributed by atoms with Crippen LogP contribution in [0.25, 0.3) is 0 Å². The summed E-state index contributed by atoms with van der Waals surface area (Å²) < 4.78 is 7.08. The first-order chi connectivity index (χ1) is 8.72. The lowest BCUT2D eigenvalue weighted by molar-refractivity contribution is 0.102. The first-order valence-corrected chi connectivity index (χ1v) is 5.67. The van der Waals surface area contributed by atoms with Crippen molar-refractivity contribution in [1.29, 1.82) is 0 Å². The van der Waals surface area contributed by atoms with Gasteiger partial charge in [0.1, 0.15) is 12.4 Å². The van der Waals surface area contributed by atoms with Gasteiger partial charge < -0.3 is 15.0 Å². The maximum absolute atomic E-state index is 12.2. The molecule has 5 nitrogen and oxygen atoms in total. The van der Waals surface area contributed by atoms with Crippen molar-refractivity contribution in [1.82, 2.24) is 9.55 Å². The minimum Gasteiger partial charge on any atom is -0.492 e. The Morgan fingerprint density at radius 1 is 1.50 bits per heavy atom. The van der Waals surface area contributed by atoms with Gasteiger partial charge in [0, 0.05) is 31.5 Å². The van der Waals surface area contributed by atoms with E-state index in [-0.39, 0.29) is 5.78 Å². The zero-order chi connectivity index (χ0) is 13.0. The fourth-order valence-corrected chi connectivity index (χ4v) is 1.62. The number of carbonyl (C=O) groups is 1. The van der Waals surface area contributed by atoms with Crippen LogP contribution in [0.4, 0.5) is 0 Å². The number of imidazole rings is 1. The Balaban J connectivity index is 2.23. The molecule has 2 rings (SSSR count). The van der Waals surface area contributed by atoms with Crippen LogP contribution in [0.5, 0.6) is 5.75 Å². The average Bonchev–Trinajstić information content (AvgIpc) is 2.82. The van der Waals surface area contributed by atoms with Crippen LogP contribution in [-0.4, -0.2) is 28.5 Å². The summed E-state index contributed by atoms with van der Waals surface area (Å²) in [6.07, 6.45) is 3.34. The Morgan fingerprint density at radius 2 is 2.33 bits per heavy atom. The normalized spacial score (nSPS) is 10.3. The lowest BCUT2D eigenvalue weighted by atomic mass is 10.1. The van der Waals surface area contributed by atoms with E-state index in [4.69, 9.17) is 10.5 Å². The largest absolute Gasteiger partial charge is 0.492 e. The van der Waals surface area contributed by atoms with Crippen LogP contribution in [0.2, 0.25) is 0 Å². The van der Waals surface area contributed by atoms with Crippen LogP contribution in [0.15, 0.2) is 36.7 Å². The fraction of sp³-hybridized carbons (Fsp3) is 0.231. The molecule has 2 N–H and O–H groups in total. The van der Waals surface area contributed by atoms with Gasteiger partial charge in [-0.25, -0.2) is 4.98 Å². The molecule has 2 aromatic rings. The molecule has 0 bridgehead atoms. The van der Waals surface area contributed by atoms with E-state index < -0.39 is 0 Å². The number of ketones is 1. The summed E-state index contributed by atoms with van der Waals surface area (Å²) in [5.74, 6) is 0.923. The number of carbonyl (C=O) groups excluding carboxylic acids is 1. The highest BCUT2D eigenvalue weighted by Crippen LogP contribution is 2.15. The lowest BCUT2D eigenvalue weighted by Gasteiger charge is -2.06. The van der Waals surface area contributed by atoms with Crippen molar-refractivity contribution in [2.75, 3.05) is 13.2 Å². The number of rotatable bonds is 5. The van der Waals surface area contributed by atoms with Crippen molar-refractivity contribution in [2.45, 2.75) is 0 Å². The minimum atomic E-state index is -0.124. The van der Waals surface area contributed by atoms with Gasteiger partial charge in [0.15, 0.2) is 5.82 Å². The minimum absolute atomic E-state index is 0.124. The molecule has 94 valence electrons. The zero-order valence-corrected chi connectivity index (χ0v) is 10.2. The smallest absolute Gasteiger partial charge is 0.228 e. The third-order valence-electron chi connectivity index (χ3n) is 2.51. The van der Waals surface area contributed by atoms with Gasteiger partial charge >= 0.3 is 0 Å². The number of hydrogen-bond acceptors (Lipinski definition) is 4. The number of nitrogens with two attached hydrogens (primary N) is 1. The van der Waals surface area contributed by atoms with Gasteiger partial charge in [-0.05, 0) is 12.1 Å². The molecule has 0 saturated heterocycles. The average molecular weight is 245 g/mol. The van der Waals surface area contributed by atoms with Crippen LogP contribution < -0.4 is 10.5 Å². The van der Waals surface area contributed by atoms with Crippen LogP contribution in [-0.2, 0) is 7.05 Å². The number of ether oxygens (including phenoxy) is 1. The highest BCUT2D eigenvalue weighted by molar-refractivity contribution is 6.06. The van der Waals surface area contributed by atoms with Crippen LogP contribution in [0, 0.1) is 0 Å². The second kappa shape index (κ2) is 5.46. The number of benzene rings is 1. The Bertz CT molecular complexity index is 549. The van der Waals surface area contributed by atoms with Crippen LogP contribution >= 0.6 is 0 Å².